The number of thiazole rings is 1. The molecule has 1 heterocycles. The lowest BCUT2D eigenvalue weighted by Gasteiger charge is -2.08. The van der Waals surface area contributed by atoms with Crippen LogP contribution >= 0.6 is 11.3 Å². The maximum atomic E-state index is 12.8. The van der Waals surface area contributed by atoms with Crippen molar-refractivity contribution in [3.05, 3.63) is 57.9 Å². The number of hydrogen-bond donors (Lipinski definition) is 0. The molecule has 0 aliphatic heterocycles. The van der Waals surface area contributed by atoms with Gasteiger partial charge in [-0.3, -0.25) is 4.79 Å². The van der Waals surface area contributed by atoms with Crippen molar-refractivity contribution in [2.24, 2.45) is 4.99 Å². The van der Waals surface area contributed by atoms with Gasteiger partial charge in [0.2, 0.25) is 0 Å². The summed E-state index contributed by atoms with van der Waals surface area (Å²) in [6.45, 7) is 5.06. The number of esters is 1. The second-order valence-corrected chi connectivity index (χ2v) is 7.94. The molecule has 7 nitrogen and oxygen atoms in total. The van der Waals surface area contributed by atoms with Gasteiger partial charge in [-0.15, -0.1) is 0 Å². The number of hydrogen-bond acceptors (Lipinski definition) is 6. The highest BCUT2D eigenvalue weighted by atomic mass is 32.1. The van der Waals surface area contributed by atoms with E-state index in [-0.39, 0.29) is 18.3 Å². The first-order chi connectivity index (χ1) is 15.0. The molecular formula is C23H26N2O5S. The molecule has 8 heteroatoms. The second-order valence-electron chi connectivity index (χ2n) is 6.93. The molecule has 3 aromatic rings. The molecule has 0 aliphatic rings. The van der Waals surface area contributed by atoms with Crippen molar-refractivity contribution < 1.29 is 23.8 Å². The monoisotopic (exact) mass is 442 g/mol. The largest absolute Gasteiger partial charge is 0.496 e. The molecule has 0 unspecified atom stereocenters. The molecule has 1 amide bonds. The fourth-order valence-corrected chi connectivity index (χ4v) is 4.37. The number of aryl methyl sites for hydroxylation is 1. The minimum atomic E-state index is -0.373. The van der Waals surface area contributed by atoms with E-state index in [1.807, 2.05) is 35.8 Å². The summed E-state index contributed by atoms with van der Waals surface area (Å²) in [5.74, 6) is 0.0198. The van der Waals surface area contributed by atoms with E-state index in [1.54, 1.807) is 33.3 Å². The lowest BCUT2D eigenvalue weighted by atomic mass is 10.1. The minimum absolute atomic E-state index is 0.136. The van der Waals surface area contributed by atoms with Crippen molar-refractivity contribution in [3.8, 4) is 5.75 Å². The van der Waals surface area contributed by atoms with Crippen molar-refractivity contribution in [1.82, 2.24) is 4.57 Å². The number of carbonyl (C=O) groups is 2. The van der Waals surface area contributed by atoms with Crippen LogP contribution in [0.1, 0.15) is 28.4 Å². The fourth-order valence-electron chi connectivity index (χ4n) is 3.25. The highest BCUT2D eigenvalue weighted by Crippen LogP contribution is 2.22. The molecule has 31 heavy (non-hydrogen) atoms. The van der Waals surface area contributed by atoms with Gasteiger partial charge in [-0.05, 0) is 38.1 Å². The Morgan fingerprint density at radius 1 is 1.13 bits per heavy atom. The summed E-state index contributed by atoms with van der Waals surface area (Å²) >= 11 is 1.36. The molecule has 0 spiro atoms. The van der Waals surface area contributed by atoms with Gasteiger partial charge in [0.1, 0.15) is 5.75 Å². The van der Waals surface area contributed by atoms with E-state index in [1.165, 1.54) is 11.3 Å². The maximum Gasteiger partial charge on any atom is 0.338 e. The number of aromatic nitrogens is 1. The second kappa shape index (κ2) is 10.4. The molecule has 1 aromatic heterocycles. The van der Waals surface area contributed by atoms with Crippen LogP contribution in [0.25, 0.3) is 10.2 Å². The summed E-state index contributed by atoms with van der Waals surface area (Å²) in [6.07, 6.45) is 0.136. The van der Waals surface area contributed by atoms with Crippen LogP contribution in [0.3, 0.4) is 0 Å². The lowest BCUT2D eigenvalue weighted by Crippen LogP contribution is -2.20. The van der Waals surface area contributed by atoms with Gasteiger partial charge < -0.3 is 18.8 Å². The molecule has 164 valence electrons. The summed E-state index contributed by atoms with van der Waals surface area (Å²) < 4.78 is 18.5. The third-order valence-electron chi connectivity index (χ3n) is 4.71. The zero-order chi connectivity index (χ0) is 22.4. The topological polar surface area (TPSA) is 79.1 Å². The van der Waals surface area contributed by atoms with Crippen molar-refractivity contribution in [1.29, 1.82) is 0 Å². The molecule has 3 rings (SSSR count). The Hall–Kier alpha value is -2.97. The van der Waals surface area contributed by atoms with E-state index in [4.69, 9.17) is 14.2 Å². The Morgan fingerprint density at radius 3 is 2.65 bits per heavy atom. The quantitative estimate of drug-likeness (QED) is 0.499. The van der Waals surface area contributed by atoms with E-state index in [2.05, 4.69) is 4.99 Å². The van der Waals surface area contributed by atoms with Gasteiger partial charge in [0.25, 0.3) is 5.91 Å². The van der Waals surface area contributed by atoms with E-state index in [9.17, 15) is 9.59 Å². The van der Waals surface area contributed by atoms with Gasteiger partial charge in [0, 0.05) is 19.2 Å². The van der Waals surface area contributed by atoms with Crippen LogP contribution in [-0.4, -0.2) is 43.9 Å². The third-order valence-corrected chi connectivity index (χ3v) is 5.75. The number of fused-ring (bicyclic) bond motifs is 1. The number of rotatable bonds is 8. The normalized spacial score (nSPS) is 11.7. The van der Waals surface area contributed by atoms with Crippen LogP contribution in [0.4, 0.5) is 0 Å². The molecule has 2 aromatic carbocycles. The van der Waals surface area contributed by atoms with Crippen molar-refractivity contribution >= 4 is 33.4 Å². The molecule has 0 aliphatic carbocycles. The molecule has 0 bridgehead atoms. The Kier molecular flexibility index (Phi) is 7.59. The van der Waals surface area contributed by atoms with Gasteiger partial charge >= 0.3 is 5.97 Å². The van der Waals surface area contributed by atoms with E-state index >= 15 is 0 Å². The van der Waals surface area contributed by atoms with Gasteiger partial charge in [0.05, 0.1) is 42.5 Å². The highest BCUT2D eigenvalue weighted by molar-refractivity contribution is 7.16. The van der Waals surface area contributed by atoms with Crippen LogP contribution in [0.2, 0.25) is 0 Å². The average Bonchev–Trinajstić information content (AvgIpc) is 3.08. The maximum absolute atomic E-state index is 12.8. The number of benzene rings is 2. The average molecular weight is 443 g/mol. The van der Waals surface area contributed by atoms with Crippen LogP contribution in [0.5, 0.6) is 5.75 Å². The Balaban J connectivity index is 2.00. The Labute approximate surface area is 184 Å². The first-order valence-electron chi connectivity index (χ1n) is 9.97. The fraction of sp³-hybridized carbons (Fsp3) is 0.348. The zero-order valence-corrected chi connectivity index (χ0v) is 19.0. The number of amides is 1. The lowest BCUT2D eigenvalue weighted by molar-refractivity contribution is -0.117. The smallest absolute Gasteiger partial charge is 0.338 e. The van der Waals surface area contributed by atoms with Gasteiger partial charge in [-0.1, -0.05) is 29.0 Å². The molecule has 0 saturated carbocycles. The SMILES string of the molecule is CCOC(=O)c1ccc2c(c1)sc(=NC(=O)Cc1cc(C)ccc1OC)n2CCOC. The Bertz CT molecular complexity index is 1160. The van der Waals surface area contributed by atoms with Crippen LogP contribution in [0.15, 0.2) is 41.4 Å². The summed E-state index contributed by atoms with van der Waals surface area (Å²) in [6, 6.07) is 11.1. The van der Waals surface area contributed by atoms with Gasteiger partial charge in [0.15, 0.2) is 4.80 Å². The number of methoxy groups -OCH3 is 2. The zero-order valence-electron chi connectivity index (χ0n) is 18.1. The van der Waals surface area contributed by atoms with Crippen LogP contribution < -0.4 is 9.54 Å². The number of nitrogens with zero attached hydrogens (tertiary/aromatic N) is 2. The summed E-state index contributed by atoms with van der Waals surface area (Å²) in [4.78, 5) is 29.8. The highest BCUT2D eigenvalue weighted by Gasteiger charge is 2.14. The first kappa shape index (κ1) is 22.7. The van der Waals surface area contributed by atoms with Crippen molar-refractivity contribution in [2.45, 2.75) is 26.8 Å². The van der Waals surface area contributed by atoms with Gasteiger partial charge in [-0.2, -0.15) is 4.99 Å². The molecule has 0 fully saturated rings. The summed E-state index contributed by atoms with van der Waals surface area (Å²) in [5, 5.41) is 0. The summed E-state index contributed by atoms with van der Waals surface area (Å²) in [5.41, 5.74) is 3.20. The molecule has 0 radical (unpaired) electrons. The first-order valence-corrected chi connectivity index (χ1v) is 10.8. The number of carbonyl (C=O) groups excluding carboxylic acids is 2. The number of ether oxygens (including phenoxy) is 3. The van der Waals surface area contributed by atoms with E-state index in [0.717, 1.165) is 21.3 Å². The third kappa shape index (κ3) is 5.39. The minimum Gasteiger partial charge on any atom is -0.496 e. The molecule has 0 saturated heterocycles. The van der Waals surface area contributed by atoms with E-state index < -0.39 is 0 Å². The van der Waals surface area contributed by atoms with Crippen LogP contribution in [0, 0.1) is 6.92 Å². The molecule has 0 N–H and O–H groups in total. The molecule has 0 atom stereocenters. The van der Waals surface area contributed by atoms with Crippen LogP contribution in [-0.2, 0) is 27.2 Å². The van der Waals surface area contributed by atoms with Crippen molar-refractivity contribution in [3.63, 3.8) is 0 Å². The molecular weight excluding hydrogens is 416 g/mol. The van der Waals surface area contributed by atoms with Gasteiger partial charge in [-0.25, -0.2) is 4.79 Å². The predicted octanol–water partition coefficient (Wildman–Crippen LogP) is 3.51. The standard InChI is InChI=1S/C23H26N2O5S/c1-5-30-22(27)16-7-8-18-20(13-16)31-23(25(18)10-11-28-3)24-21(26)14-17-12-15(2)6-9-19(17)29-4/h6-9,12-13H,5,10-11,14H2,1-4H3. The van der Waals surface area contributed by atoms with Crippen molar-refractivity contribution in [2.75, 3.05) is 27.4 Å². The Morgan fingerprint density at radius 2 is 1.94 bits per heavy atom. The van der Waals surface area contributed by atoms with E-state index in [0.29, 0.717) is 35.9 Å². The summed E-state index contributed by atoms with van der Waals surface area (Å²) in [7, 11) is 3.21. The predicted molar refractivity (Wildman–Crippen MR) is 120 cm³/mol.